The van der Waals surface area contributed by atoms with E-state index in [1.807, 2.05) is 6.07 Å². The van der Waals surface area contributed by atoms with E-state index in [9.17, 15) is 13.8 Å². The highest BCUT2D eigenvalue weighted by Gasteiger charge is 2.44. The predicted octanol–water partition coefficient (Wildman–Crippen LogP) is 3.64. The van der Waals surface area contributed by atoms with Crippen LogP contribution in [0.15, 0.2) is 33.8 Å². The number of aliphatic imine (C=N–C) groups is 1. The van der Waals surface area contributed by atoms with Crippen molar-refractivity contribution < 1.29 is 22.9 Å². The number of ether oxygens (including phenoxy) is 1. The van der Waals surface area contributed by atoms with E-state index in [4.69, 9.17) is 10.00 Å². The molecule has 0 saturated heterocycles. The number of nitrogens with one attached hydrogen (secondary N) is 2. The summed E-state index contributed by atoms with van der Waals surface area (Å²) in [6, 6.07) is 5.90. The molecule has 4 heterocycles. The molecule has 0 spiro atoms. The van der Waals surface area contributed by atoms with E-state index in [0.29, 0.717) is 37.1 Å². The highest BCUT2D eigenvalue weighted by atomic mass is 32.2. The van der Waals surface area contributed by atoms with Crippen LogP contribution in [0.1, 0.15) is 67.8 Å². The van der Waals surface area contributed by atoms with Crippen molar-refractivity contribution in [3.63, 3.8) is 0 Å². The summed E-state index contributed by atoms with van der Waals surface area (Å²) in [6.07, 6.45) is 1.84. The maximum atomic E-state index is 15.3. The zero-order valence-corrected chi connectivity index (χ0v) is 23.8. The van der Waals surface area contributed by atoms with Gasteiger partial charge in [-0.05, 0) is 71.2 Å². The molecule has 4 rings (SSSR count). The smallest absolute Gasteiger partial charge is 0.414 e. The van der Waals surface area contributed by atoms with Crippen molar-refractivity contribution in [3.8, 4) is 6.07 Å². The largest absolute Gasteiger partial charge is 0.444 e. The molecule has 0 bridgehead atoms. The third-order valence-corrected chi connectivity index (χ3v) is 8.67. The molecular weight excluding hydrogens is 539 g/mol. The quantitative estimate of drug-likeness (QED) is 0.569. The van der Waals surface area contributed by atoms with Crippen molar-refractivity contribution >= 4 is 33.7 Å². The van der Waals surface area contributed by atoms with E-state index in [2.05, 4.69) is 30.0 Å². The molecule has 0 aromatic carbocycles. The molecule has 0 aliphatic carbocycles. The summed E-state index contributed by atoms with van der Waals surface area (Å²) in [5, 5.41) is 14.2. The Balaban J connectivity index is 1.73. The highest BCUT2D eigenvalue weighted by molar-refractivity contribution is 7.92. The number of guanidine groups is 1. The summed E-state index contributed by atoms with van der Waals surface area (Å²) >= 11 is 0. The second kappa shape index (κ2) is 10.8. The molecule has 12 nitrogen and oxygen atoms in total. The fraction of sp³-hybridized carbons (Fsp3) is 0.462. The lowest BCUT2D eigenvalue weighted by molar-refractivity contribution is 0.0558. The van der Waals surface area contributed by atoms with Gasteiger partial charge in [-0.15, -0.1) is 0 Å². The number of hydrogen-bond acceptors (Lipinski definition) is 9. The molecule has 14 heteroatoms. The summed E-state index contributed by atoms with van der Waals surface area (Å²) in [6.45, 7) is 8.98. The second-order valence-electron chi connectivity index (χ2n) is 10.7. The Labute approximate surface area is 232 Å². The number of rotatable bonds is 3. The van der Waals surface area contributed by atoms with Crippen LogP contribution >= 0.6 is 0 Å². The third-order valence-electron chi connectivity index (χ3n) is 6.10. The zero-order valence-electron chi connectivity index (χ0n) is 22.9. The van der Waals surface area contributed by atoms with E-state index in [-0.39, 0.29) is 28.9 Å². The van der Waals surface area contributed by atoms with Gasteiger partial charge in [-0.25, -0.2) is 32.7 Å². The number of nitrogens with zero attached hydrogens (tertiary/aromatic N) is 6. The van der Waals surface area contributed by atoms with Crippen molar-refractivity contribution in [2.45, 2.75) is 58.6 Å². The Bertz CT molecular complexity index is 1550. The summed E-state index contributed by atoms with van der Waals surface area (Å²) < 4.78 is 40.7. The number of anilines is 1. The molecule has 0 fully saturated rings. The first-order chi connectivity index (χ1) is 18.7. The first kappa shape index (κ1) is 28.9. The molecule has 2 amide bonds. The van der Waals surface area contributed by atoms with Crippen LogP contribution in [0.3, 0.4) is 0 Å². The van der Waals surface area contributed by atoms with Crippen LogP contribution < -0.4 is 10.6 Å². The highest BCUT2D eigenvalue weighted by Crippen LogP contribution is 2.35. The predicted molar refractivity (Wildman–Crippen MR) is 146 cm³/mol. The number of carbonyl (C=O) groups excluding carboxylic acids is 2. The minimum absolute atomic E-state index is 0.0141. The SMILES string of the molecule is Cc1cc(C#N)cnc1C(=O)Nc1ccc(F)c([C@]2(C)CS3(=O)=NCCCCN3C(NC(=O)OC(C)(C)C)=N2)n1. The Morgan fingerprint density at radius 1 is 1.25 bits per heavy atom. The molecule has 2 aromatic rings. The molecule has 212 valence electrons. The van der Waals surface area contributed by atoms with Crippen LogP contribution in [-0.4, -0.2) is 60.9 Å². The first-order valence-electron chi connectivity index (χ1n) is 12.7. The second-order valence-corrected chi connectivity index (χ2v) is 12.9. The monoisotopic (exact) mass is 570 g/mol. The van der Waals surface area contributed by atoms with Crippen LogP contribution in [0.2, 0.25) is 0 Å². The summed E-state index contributed by atoms with van der Waals surface area (Å²) in [5.41, 5.74) is -1.63. The normalized spacial score (nSPS) is 22.5. The van der Waals surface area contributed by atoms with Crippen molar-refractivity contribution in [2.24, 2.45) is 9.36 Å². The van der Waals surface area contributed by atoms with Gasteiger partial charge in [0.25, 0.3) is 5.91 Å². The van der Waals surface area contributed by atoms with Gasteiger partial charge < -0.3 is 10.1 Å². The molecule has 2 aromatic heterocycles. The minimum atomic E-state index is -3.14. The van der Waals surface area contributed by atoms with E-state index < -0.39 is 38.9 Å². The van der Waals surface area contributed by atoms with Crippen molar-refractivity contribution in [1.29, 1.82) is 5.26 Å². The van der Waals surface area contributed by atoms with E-state index in [0.717, 1.165) is 6.07 Å². The van der Waals surface area contributed by atoms with Gasteiger partial charge in [0.1, 0.15) is 50.1 Å². The lowest BCUT2D eigenvalue weighted by Crippen LogP contribution is -2.55. The molecule has 2 atom stereocenters. The molecule has 40 heavy (non-hydrogen) atoms. The van der Waals surface area contributed by atoms with Gasteiger partial charge in [0, 0.05) is 12.7 Å². The number of amides is 2. The molecule has 2 N–H and O–H groups in total. The van der Waals surface area contributed by atoms with Gasteiger partial charge in [-0.3, -0.25) is 14.4 Å². The molecule has 2 aliphatic rings. The first-order valence-corrected chi connectivity index (χ1v) is 14.3. The molecular formula is C26H31FN8O4S. The van der Waals surface area contributed by atoms with E-state index >= 15 is 4.39 Å². The number of alkyl carbamates (subject to hydrolysis) is 1. The lowest BCUT2D eigenvalue weighted by Gasteiger charge is -2.39. The fourth-order valence-electron chi connectivity index (χ4n) is 4.38. The number of aryl methyl sites for hydroxylation is 1. The summed E-state index contributed by atoms with van der Waals surface area (Å²) in [4.78, 5) is 38.6. The van der Waals surface area contributed by atoms with Gasteiger partial charge in [0.15, 0.2) is 0 Å². The number of halogens is 1. The Kier molecular flexibility index (Phi) is 7.80. The lowest BCUT2D eigenvalue weighted by atomic mass is 9.99. The molecule has 1 unspecified atom stereocenters. The maximum Gasteiger partial charge on any atom is 0.414 e. The average Bonchev–Trinajstić information content (AvgIpc) is 3.04. The molecule has 0 radical (unpaired) electrons. The van der Waals surface area contributed by atoms with Gasteiger partial charge >= 0.3 is 6.09 Å². The number of nitriles is 1. The van der Waals surface area contributed by atoms with Gasteiger partial charge in [-0.2, -0.15) is 5.26 Å². The van der Waals surface area contributed by atoms with Crippen molar-refractivity contribution in [1.82, 2.24) is 19.6 Å². The van der Waals surface area contributed by atoms with E-state index in [1.165, 1.54) is 22.6 Å². The number of carbonyl (C=O) groups is 2. The topological polar surface area (TPSA) is 162 Å². The van der Waals surface area contributed by atoms with Crippen molar-refractivity contribution in [3.05, 3.63) is 52.7 Å². The minimum Gasteiger partial charge on any atom is -0.444 e. The fourth-order valence-corrected chi connectivity index (χ4v) is 6.89. The van der Waals surface area contributed by atoms with E-state index in [1.54, 1.807) is 34.6 Å². The van der Waals surface area contributed by atoms with Crippen LogP contribution in [-0.2, 0) is 20.2 Å². The number of fused-ring (bicyclic) bond motifs is 1. The third kappa shape index (κ3) is 6.20. The number of aromatic nitrogens is 2. The zero-order chi connectivity index (χ0) is 29.3. The van der Waals surface area contributed by atoms with Crippen LogP contribution in [0.25, 0.3) is 0 Å². The maximum absolute atomic E-state index is 15.3. The Morgan fingerprint density at radius 3 is 2.67 bits per heavy atom. The Morgan fingerprint density at radius 2 is 2.00 bits per heavy atom. The van der Waals surface area contributed by atoms with Gasteiger partial charge in [-0.1, -0.05) is 0 Å². The van der Waals surface area contributed by atoms with Crippen LogP contribution in [0.4, 0.5) is 15.0 Å². The van der Waals surface area contributed by atoms with Crippen LogP contribution in [0.5, 0.6) is 0 Å². The Hall–Kier alpha value is -4.12. The molecule has 2 aliphatic heterocycles. The molecule has 0 saturated carbocycles. The van der Waals surface area contributed by atoms with Gasteiger partial charge in [0.05, 0.1) is 17.9 Å². The number of pyridine rings is 2. The summed E-state index contributed by atoms with van der Waals surface area (Å²) in [5.74, 6) is -1.56. The standard InChI is InChI=1S/C26H31FN8O4S/c1-16-12-17(13-28)14-29-20(16)22(36)32-19-9-8-18(27)21(31-19)26(5)15-40(38)30-10-6-7-11-35(40)23(34-26)33-24(37)39-25(2,3)4/h8-9,12,14H,6-7,10-11,15H2,1-5H3,(H,31,32,36)(H,33,34,37)/t26-,40?/m0/s1. The average molecular weight is 571 g/mol. The van der Waals surface area contributed by atoms with Crippen molar-refractivity contribution in [2.75, 3.05) is 24.2 Å². The van der Waals surface area contributed by atoms with Gasteiger partial charge in [0.2, 0.25) is 5.96 Å². The van der Waals surface area contributed by atoms with Crippen LogP contribution in [0, 0.1) is 24.1 Å². The number of hydrogen-bond donors (Lipinski definition) is 2. The summed E-state index contributed by atoms with van der Waals surface area (Å²) in [7, 11) is -3.14.